The molecule has 0 aromatic heterocycles. The highest BCUT2D eigenvalue weighted by Gasteiger charge is 1.97. The monoisotopic (exact) mass is 152 g/mol. The van der Waals surface area contributed by atoms with Gasteiger partial charge >= 0.3 is 6.41 Å². The molecule has 0 fully saturated rings. The summed E-state index contributed by atoms with van der Waals surface area (Å²) in [6.45, 7) is 8.56. The molecule has 0 heterocycles. The zero-order chi connectivity index (χ0) is 8.53. The van der Waals surface area contributed by atoms with Gasteiger partial charge in [-0.3, -0.25) is 4.79 Å². The lowest BCUT2D eigenvalue weighted by Gasteiger charge is -2.12. The molecule has 0 aromatic rings. The van der Waals surface area contributed by atoms with Crippen molar-refractivity contribution in [3.8, 4) is 0 Å². The van der Waals surface area contributed by atoms with Crippen LogP contribution >= 0.6 is 0 Å². The third-order valence-corrected chi connectivity index (χ3v) is 1.34. The van der Waals surface area contributed by atoms with Crippen LogP contribution in [0.5, 0.6) is 0 Å². The number of nitrogens with zero attached hydrogens (tertiary/aromatic N) is 1. The van der Waals surface area contributed by atoms with Crippen LogP contribution in [0.3, 0.4) is 0 Å². The molecule has 0 saturated heterocycles. The highest BCUT2D eigenvalue weighted by Crippen LogP contribution is 1.91. The van der Waals surface area contributed by atoms with Gasteiger partial charge in [-0.05, 0) is 12.8 Å². The number of rotatable bonds is 7. The molecule has 0 saturated carbocycles. The van der Waals surface area contributed by atoms with E-state index in [4.69, 9.17) is 0 Å². The van der Waals surface area contributed by atoms with Crippen molar-refractivity contribution in [2.24, 2.45) is 0 Å². The fourth-order valence-corrected chi connectivity index (χ4v) is 0.697. The van der Waals surface area contributed by atoms with Gasteiger partial charge in [0, 0.05) is 13.1 Å². The molecule has 2 nitrogen and oxygen atoms in total. The molecule has 1 radical (unpaired) electrons. The number of hydrogen-bond donors (Lipinski definition) is 0. The molecule has 0 N–H and O–H groups in total. The molecule has 0 aliphatic rings. The minimum atomic E-state index is 0.709. The fourth-order valence-electron chi connectivity index (χ4n) is 0.697. The van der Waals surface area contributed by atoms with Crippen LogP contribution in [0.4, 0.5) is 0 Å². The van der Waals surface area contributed by atoms with E-state index in [0.717, 1.165) is 12.8 Å². The normalized spacial score (nSPS) is 8.73. The summed E-state index contributed by atoms with van der Waals surface area (Å²) in [5, 5.41) is 0. The first kappa shape index (κ1) is 9.95. The molecular weight excluding hydrogens is 138 g/mol. The van der Waals surface area contributed by atoms with E-state index in [2.05, 4.69) is 13.2 Å². The Morgan fingerprint density at radius 1 is 1.18 bits per heavy atom. The quantitative estimate of drug-likeness (QED) is 0.400. The maximum absolute atomic E-state index is 10.2. The van der Waals surface area contributed by atoms with E-state index >= 15 is 0 Å². The fraction of sp³-hybridized carbons (Fsp3) is 0.444. The number of amides is 1. The van der Waals surface area contributed by atoms with Crippen molar-refractivity contribution in [1.82, 2.24) is 4.90 Å². The number of carbonyl (C=O) groups excluding carboxylic acids is 1. The summed E-state index contributed by atoms with van der Waals surface area (Å²) in [4.78, 5) is 11.8. The standard InChI is InChI=1S/C9H14NO/c1-3-5-7-10(9-11)8-6-4-2/h3-4H,1-2,5-8H2. The third-order valence-electron chi connectivity index (χ3n) is 1.34. The van der Waals surface area contributed by atoms with Gasteiger partial charge in [-0.15, -0.1) is 13.2 Å². The molecule has 0 bridgehead atoms. The molecule has 0 atom stereocenters. The Labute approximate surface area is 68.2 Å². The molecule has 1 amide bonds. The highest BCUT2D eigenvalue weighted by atomic mass is 16.1. The first-order chi connectivity index (χ1) is 5.35. The van der Waals surface area contributed by atoms with Gasteiger partial charge < -0.3 is 4.90 Å². The van der Waals surface area contributed by atoms with Gasteiger partial charge in [0.1, 0.15) is 0 Å². The minimum Gasteiger partial charge on any atom is -0.334 e. The van der Waals surface area contributed by atoms with Gasteiger partial charge in [0.15, 0.2) is 0 Å². The van der Waals surface area contributed by atoms with Crippen LogP contribution in [0.1, 0.15) is 12.8 Å². The van der Waals surface area contributed by atoms with Crippen LogP contribution in [0.15, 0.2) is 25.3 Å². The maximum atomic E-state index is 10.2. The summed E-state index contributed by atoms with van der Waals surface area (Å²) in [6, 6.07) is 0. The molecular formula is C9H14NO. The van der Waals surface area contributed by atoms with Crippen LogP contribution in [-0.4, -0.2) is 24.4 Å². The molecule has 0 aliphatic heterocycles. The molecule has 0 aromatic carbocycles. The van der Waals surface area contributed by atoms with Crippen molar-refractivity contribution >= 4 is 6.41 Å². The smallest absolute Gasteiger partial charge is 0.312 e. The average Bonchev–Trinajstić information content (AvgIpc) is 2.05. The van der Waals surface area contributed by atoms with E-state index in [1.54, 1.807) is 17.1 Å². The Bertz CT molecular complexity index is 120. The summed E-state index contributed by atoms with van der Waals surface area (Å²) in [5.74, 6) is 0. The van der Waals surface area contributed by atoms with Crippen molar-refractivity contribution in [2.45, 2.75) is 12.8 Å². The Morgan fingerprint density at radius 2 is 1.64 bits per heavy atom. The largest absolute Gasteiger partial charge is 0.334 e. The zero-order valence-electron chi connectivity index (χ0n) is 6.75. The van der Waals surface area contributed by atoms with Gasteiger partial charge in [-0.1, -0.05) is 12.2 Å². The topological polar surface area (TPSA) is 20.3 Å². The molecule has 0 unspecified atom stereocenters. The van der Waals surface area contributed by atoms with E-state index in [-0.39, 0.29) is 0 Å². The molecule has 0 rings (SSSR count). The Hall–Kier alpha value is -1.05. The second-order valence-corrected chi connectivity index (χ2v) is 2.23. The Balaban J connectivity index is 3.47. The lowest BCUT2D eigenvalue weighted by atomic mass is 10.3. The molecule has 0 aliphatic carbocycles. The lowest BCUT2D eigenvalue weighted by molar-refractivity contribution is 0.390. The first-order valence-electron chi connectivity index (χ1n) is 3.69. The predicted molar refractivity (Wildman–Crippen MR) is 46.9 cm³/mol. The van der Waals surface area contributed by atoms with Crippen LogP contribution in [0.2, 0.25) is 0 Å². The van der Waals surface area contributed by atoms with Crippen LogP contribution < -0.4 is 0 Å². The summed E-state index contributed by atoms with van der Waals surface area (Å²) >= 11 is 0. The first-order valence-corrected chi connectivity index (χ1v) is 3.69. The second-order valence-electron chi connectivity index (χ2n) is 2.23. The second kappa shape index (κ2) is 7.06. The lowest BCUT2D eigenvalue weighted by Crippen LogP contribution is -2.23. The van der Waals surface area contributed by atoms with Gasteiger partial charge in [0.25, 0.3) is 0 Å². The van der Waals surface area contributed by atoms with Gasteiger partial charge in [-0.2, -0.15) is 0 Å². The summed E-state index contributed by atoms with van der Waals surface area (Å²) in [6.07, 6.45) is 7.09. The Morgan fingerprint density at radius 3 is 1.91 bits per heavy atom. The van der Waals surface area contributed by atoms with E-state index in [1.807, 2.05) is 6.41 Å². The molecule has 61 valence electrons. The van der Waals surface area contributed by atoms with Crippen molar-refractivity contribution < 1.29 is 4.79 Å². The van der Waals surface area contributed by atoms with Crippen molar-refractivity contribution in [3.05, 3.63) is 25.3 Å². The summed E-state index contributed by atoms with van der Waals surface area (Å²) in [7, 11) is 0. The Kier molecular flexibility index (Phi) is 6.39. The molecule has 2 heteroatoms. The SMILES string of the molecule is C=CCCN([C]=O)CCC=C. The zero-order valence-corrected chi connectivity index (χ0v) is 6.75. The highest BCUT2D eigenvalue weighted by molar-refractivity contribution is 5.47. The summed E-state index contributed by atoms with van der Waals surface area (Å²) < 4.78 is 0. The average molecular weight is 152 g/mol. The van der Waals surface area contributed by atoms with Gasteiger partial charge in [-0.25, -0.2) is 0 Å². The van der Waals surface area contributed by atoms with Crippen molar-refractivity contribution in [1.29, 1.82) is 0 Å². The summed E-state index contributed by atoms with van der Waals surface area (Å²) in [5.41, 5.74) is 0. The number of hydrogen-bond acceptors (Lipinski definition) is 1. The van der Waals surface area contributed by atoms with Gasteiger partial charge in [0.2, 0.25) is 0 Å². The van der Waals surface area contributed by atoms with Crippen LogP contribution in [-0.2, 0) is 4.79 Å². The molecule has 11 heavy (non-hydrogen) atoms. The van der Waals surface area contributed by atoms with E-state index in [1.165, 1.54) is 0 Å². The van der Waals surface area contributed by atoms with Crippen molar-refractivity contribution in [2.75, 3.05) is 13.1 Å². The van der Waals surface area contributed by atoms with Gasteiger partial charge in [0.05, 0.1) is 0 Å². The van der Waals surface area contributed by atoms with Crippen LogP contribution in [0.25, 0.3) is 0 Å². The van der Waals surface area contributed by atoms with E-state index in [9.17, 15) is 4.79 Å². The third kappa shape index (κ3) is 5.40. The molecule has 0 spiro atoms. The maximum Gasteiger partial charge on any atom is 0.312 e. The minimum absolute atomic E-state index is 0.709. The van der Waals surface area contributed by atoms with Crippen molar-refractivity contribution in [3.63, 3.8) is 0 Å². The van der Waals surface area contributed by atoms with E-state index in [0.29, 0.717) is 13.1 Å². The van der Waals surface area contributed by atoms with Crippen LogP contribution in [0, 0.1) is 0 Å². The predicted octanol–water partition coefficient (Wildman–Crippen LogP) is 1.51. The van der Waals surface area contributed by atoms with E-state index < -0.39 is 0 Å².